The first-order chi connectivity index (χ1) is 12.0. The van der Waals surface area contributed by atoms with Crippen LogP contribution in [0.3, 0.4) is 0 Å². The molecule has 0 aliphatic carbocycles. The zero-order chi connectivity index (χ0) is 17.8. The van der Waals surface area contributed by atoms with Crippen LogP contribution in [0.4, 0.5) is 15.8 Å². The van der Waals surface area contributed by atoms with E-state index in [0.717, 1.165) is 6.07 Å². The van der Waals surface area contributed by atoms with Crippen molar-refractivity contribution in [3.05, 3.63) is 34.1 Å². The third-order valence-corrected chi connectivity index (χ3v) is 4.57. The van der Waals surface area contributed by atoms with Gasteiger partial charge in [-0.1, -0.05) is 0 Å². The molecule has 0 atom stereocenters. The number of benzene rings is 1. The first kappa shape index (κ1) is 17.6. The molecule has 0 spiro atoms. The average Bonchev–Trinajstić information content (AvgIpc) is 2.63. The van der Waals surface area contributed by atoms with Crippen LogP contribution in [-0.2, 0) is 9.53 Å². The Morgan fingerprint density at radius 2 is 1.84 bits per heavy atom. The van der Waals surface area contributed by atoms with Gasteiger partial charge < -0.3 is 14.5 Å². The van der Waals surface area contributed by atoms with Crippen molar-refractivity contribution in [1.82, 2.24) is 9.80 Å². The molecular formula is C16H21FN4O4. The van der Waals surface area contributed by atoms with Gasteiger partial charge in [-0.05, 0) is 12.1 Å². The number of anilines is 1. The number of rotatable bonds is 4. The van der Waals surface area contributed by atoms with Gasteiger partial charge in [-0.15, -0.1) is 0 Å². The minimum absolute atomic E-state index is 0.0875. The van der Waals surface area contributed by atoms with Crippen LogP contribution in [0.15, 0.2) is 18.2 Å². The Morgan fingerprint density at radius 3 is 2.48 bits per heavy atom. The van der Waals surface area contributed by atoms with Gasteiger partial charge in [-0.25, -0.2) is 4.39 Å². The van der Waals surface area contributed by atoms with Crippen LogP contribution in [0.5, 0.6) is 0 Å². The molecule has 2 aliphatic rings. The van der Waals surface area contributed by atoms with E-state index in [4.69, 9.17) is 4.74 Å². The van der Waals surface area contributed by atoms with Crippen LogP contribution in [0.25, 0.3) is 0 Å². The van der Waals surface area contributed by atoms with Crippen molar-refractivity contribution in [1.29, 1.82) is 0 Å². The number of hydrogen-bond donors (Lipinski definition) is 0. The number of hydrogen-bond acceptors (Lipinski definition) is 6. The number of ether oxygens (including phenoxy) is 1. The van der Waals surface area contributed by atoms with E-state index in [2.05, 4.69) is 0 Å². The number of nitro groups is 1. The quantitative estimate of drug-likeness (QED) is 0.587. The zero-order valence-corrected chi connectivity index (χ0v) is 13.9. The third-order valence-electron chi connectivity index (χ3n) is 4.57. The van der Waals surface area contributed by atoms with Gasteiger partial charge in [0.2, 0.25) is 5.91 Å². The molecule has 0 unspecified atom stereocenters. The summed E-state index contributed by atoms with van der Waals surface area (Å²) in [5.41, 5.74) is 0.198. The van der Waals surface area contributed by atoms with E-state index in [1.807, 2.05) is 9.80 Å². The van der Waals surface area contributed by atoms with E-state index >= 15 is 0 Å². The molecule has 3 rings (SSSR count). The Kier molecular flexibility index (Phi) is 5.44. The second kappa shape index (κ2) is 7.75. The Bertz CT molecular complexity index is 643. The van der Waals surface area contributed by atoms with Crippen molar-refractivity contribution < 1.29 is 18.8 Å². The lowest BCUT2D eigenvalue weighted by Gasteiger charge is -2.36. The smallest absolute Gasteiger partial charge is 0.295 e. The second-order valence-electron chi connectivity index (χ2n) is 6.15. The van der Waals surface area contributed by atoms with Gasteiger partial charge in [0, 0.05) is 39.3 Å². The minimum Gasteiger partial charge on any atom is -0.378 e. The molecule has 0 aromatic heterocycles. The van der Waals surface area contributed by atoms with Crippen LogP contribution in [0.2, 0.25) is 0 Å². The molecule has 0 saturated carbocycles. The lowest BCUT2D eigenvalue weighted by molar-refractivity contribution is -0.384. The molecule has 2 saturated heterocycles. The largest absolute Gasteiger partial charge is 0.378 e. The number of piperazine rings is 1. The summed E-state index contributed by atoms with van der Waals surface area (Å²) in [4.78, 5) is 28.6. The molecule has 136 valence electrons. The molecule has 0 bridgehead atoms. The van der Waals surface area contributed by atoms with Gasteiger partial charge in [-0.3, -0.25) is 19.8 Å². The molecule has 1 aromatic carbocycles. The molecule has 1 aromatic rings. The van der Waals surface area contributed by atoms with E-state index < -0.39 is 10.7 Å². The molecule has 0 N–H and O–H groups in total. The van der Waals surface area contributed by atoms with Gasteiger partial charge in [0.05, 0.1) is 30.7 Å². The summed E-state index contributed by atoms with van der Waals surface area (Å²) in [5, 5.41) is 11.1. The first-order valence-electron chi connectivity index (χ1n) is 8.31. The van der Waals surface area contributed by atoms with Crippen molar-refractivity contribution in [2.75, 3.05) is 63.9 Å². The van der Waals surface area contributed by atoms with Crippen molar-refractivity contribution in [3.63, 3.8) is 0 Å². The molecule has 2 aliphatic heterocycles. The lowest BCUT2D eigenvalue weighted by atomic mass is 10.2. The molecule has 1 amide bonds. The maximum Gasteiger partial charge on any atom is 0.295 e. The SMILES string of the molecule is O=C(CN1CCN(c2ccc(F)cc2[N+](=O)[O-])CC1)N1CCOCC1. The second-order valence-corrected chi connectivity index (χ2v) is 6.15. The summed E-state index contributed by atoms with van der Waals surface area (Å²) in [5.74, 6) is -0.533. The maximum atomic E-state index is 13.3. The Labute approximate surface area is 144 Å². The van der Waals surface area contributed by atoms with Gasteiger partial charge in [0.25, 0.3) is 5.69 Å². The molecule has 2 fully saturated rings. The van der Waals surface area contributed by atoms with Crippen molar-refractivity contribution >= 4 is 17.3 Å². The predicted octanol–water partition coefficient (Wildman–Crippen LogP) is 0.715. The highest BCUT2D eigenvalue weighted by atomic mass is 19.1. The van der Waals surface area contributed by atoms with Crippen LogP contribution in [0, 0.1) is 15.9 Å². The molecular weight excluding hydrogens is 331 g/mol. The summed E-state index contributed by atoms with van der Waals surface area (Å²) in [6.07, 6.45) is 0. The summed E-state index contributed by atoms with van der Waals surface area (Å²) in [6, 6.07) is 3.63. The minimum atomic E-state index is -0.620. The number of halogens is 1. The van der Waals surface area contributed by atoms with E-state index in [9.17, 15) is 19.3 Å². The molecule has 9 heteroatoms. The summed E-state index contributed by atoms with van der Waals surface area (Å²) >= 11 is 0. The fourth-order valence-corrected chi connectivity index (χ4v) is 3.16. The van der Waals surface area contributed by atoms with E-state index in [0.29, 0.717) is 64.7 Å². The standard InChI is InChI=1S/C16H21FN4O4/c17-13-1-2-14(15(11-13)21(23)24)19-5-3-18(4-6-19)12-16(22)20-7-9-25-10-8-20/h1-2,11H,3-10,12H2. The number of nitrogens with zero attached hydrogens (tertiary/aromatic N) is 4. The Balaban J connectivity index is 1.57. The van der Waals surface area contributed by atoms with Crippen LogP contribution < -0.4 is 4.90 Å². The van der Waals surface area contributed by atoms with Gasteiger partial charge in [0.1, 0.15) is 11.5 Å². The predicted molar refractivity (Wildman–Crippen MR) is 89.1 cm³/mol. The van der Waals surface area contributed by atoms with E-state index in [1.165, 1.54) is 12.1 Å². The van der Waals surface area contributed by atoms with E-state index in [1.54, 1.807) is 4.90 Å². The summed E-state index contributed by atoms with van der Waals surface area (Å²) in [7, 11) is 0. The highest BCUT2D eigenvalue weighted by Gasteiger charge is 2.26. The summed E-state index contributed by atoms with van der Waals surface area (Å²) < 4.78 is 18.5. The van der Waals surface area contributed by atoms with Crippen molar-refractivity contribution in [2.45, 2.75) is 0 Å². The van der Waals surface area contributed by atoms with Crippen molar-refractivity contribution in [3.8, 4) is 0 Å². The molecule has 0 radical (unpaired) electrons. The lowest BCUT2D eigenvalue weighted by Crippen LogP contribution is -2.51. The van der Waals surface area contributed by atoms with Crippen LogP contribution in [0.1, 0.15) is 0 Å². The third kappa shape index (κ3) is 4.23. The highest BCUT2D eigenvalue weighted by Crippen LogP contribution is 2.29. The van der Waals surface area contributed by atoms with Gasteiger partial charge >= 0.3 is 0 Å². The zero-order valence-electron chi connectivity index (χ0n) is 13.9. The highest BCUT2D eigenvalue weighted by molar-refractivity contribution is 5.78. The fourth-order valence-electron chi connectivity index (χ4n) is 3.16. The molecule has 2 heterocycles. The number of nitro benzene ring substituents is 1. The van der Waals surface area contributed by atoms with Gasteiger partial charge in [0.15, 0.2) is 0 Å². The number of amides is 1. The fraction of sp³-hybridized carbons (Fsp3) is 0.562. The number of morpholine rings is 1. The first-order valence-corrected chi connectivity index (χ1v) is 8.31. The Morgan fingerprint density at radius 1 is 1.16 bits per heavy atom. The number of carbonyl (C=O) groups excluding carboxylic acids is 1. The van der Waals surface area contributed by atoms with Crippen molar-refractivity contribution in [2.24, 2.45) is 0 Å². The summed E-state index contributed by atoms with van der Waals surface area (Å²) in [6.45, 7) is 5.13. The molecule has 25 heavy (non-hydrogen) atoms. The van der Waals surface area contributed by atoms with E-state index in [-0.39, 0.29) is 11.6 Å². The van der Waals surface area contributed by atoms with Crippen LogP contribution in [-0.4, -0.2) is 79.7 Å². The maximum absolute atomic E-state index is 13.3. The monoisotopic (exact) mass is 352 g/mol. The Hall–Kier alpha value is -2.26. The number of carbonyl (C=O) groups is 1. The molecule has 8 nitrogen and oxygen atoms in total. The van der Waals surface area contributed by atoms with Gasteiger partial charge in [-0.2, -0.15) is 0 Å². The average molecular weight is 352 g/mol. The topological polar surface area (TPSA) is 79.2 Å². The normalized spacial score (nSPS) is 19.1. The van der Waals surface area contributed by atoms with Crippen LogP contribution >= 0.6 is 0 Å².